The third-order valence-corrected chi connectivity index (χ3v) is 7.40. The number of carbonyl (C=O) groups excluding carboxylic acids is 2. The molecule has 0 bridgehead atoms. The largest absolute Gasteiger partial charge is 0.354 e. The topological polar surface area (TPSA) is 54.3 Å². The first kappa shape index (κ1) is 23.4. The zero-order valence-electron chi connectivity index (χ0n) is 19.9. The quantitative estimate of drug-likeness (QED) is 0.505. The first-order valence-electron chi connectivity index (χ1n) is 11.8. The minimum Gasteiger partial charge on any atom is -0.354 e. The lowest BCUT2D eigenvalue weighted by atomic mass is 10.0. The molecule has 2 amide bonds. The second-order valence-electron chi connectivity index (χ2n) is 9.14. The van der Waals surface area contributed by atoms with E-state index in [0.717, 1.165) is 46.4 Å². The molecule has 1 unspecified atom stereocenters. The Balaban J connectivity index is 1.84. The molecule has 4 rings (SSSR count). The first-order chi connectivity index (χ1) is 15.9. The summed E-state index contributed by atoms with van der Waals surface area (Å²) in [5.41, 5.74) is 4.00. The van der Waals surface area contributed by atoms with Gasteiger partial charge < -0.3 is 9.88 Å². The van der Waals surface area contributed by atoms with Crippen LogP contribution in [0.25, 0.3) is 10.9 Å². The van der Waals surface area contributed by atoms with Crippen molar-refractivity contribution in [3.05, 3.63) is 59.7 Å². The fourth-order valence-corrected chi connectivity index (χ4v) is 5.61. The summed E-state index contributed by atoms with van der Waals surface area (Å²) in [6.45, 7) is 7.04. The Hall–Kier alpha value is -2.73. The SMILES string of the molecule is CCCc1ccc(N2C(=O)CSc3c(c4ccccc4n3C)C2C(=O)NCCC(C)C)cc1. The van der Waals surface area contributed by atoms with Crippen molar-refractivity contribution in [3.63, 3.8) is 0 Å². The Morgan fingerprint density at radius 3 is 2.58 bits per heavy atom. The Bertz CT molecular complexity index is 1150. The number of hydrogen-bond acceptors (Lipinski definition) is 3. The maximum absolute atomic E-state index is 13.7. The highest BCUT2D eigenvalue weighted by atomic mass is 32.2. The average molecular weight is 464 g/mol. The highest BCUT2D eigenvalue weighted by molar-refractivity contribution is 8.00. The summed E-state index contributed by atoms with van der Waals surface area (Å²) in [5, 5.41) is 5.13. The number of nitrogens with one attached hydrogen (secondary N) is 1. The molecule has 5 nitrogen and oxygen atoms in total. The highest BCUT2D eigenvalue weighted by Gasteiger charge is 2.39. The molecule has 1 aliphatic rings. The van der Waals surface area contributed by atoms with Gasteiger partial charge in [0, 0.05) is 35.7 Å². The van der Waals surface area contributed by atoms with Gasteiger partial charge in [0.25, 0.3) is 0 Å². The minimum absolute atomic E-state index is 0.0486. The second kappa shape index (κ2) is 10.0. The van der Waals surface area contributed by atoms with Crippen LogP contribution in [0.2, 0.25) is 0 Å². The zero-order chi connectivity index (χ0) is 23.5. The van der Waals surface area contributed by atoms with Crippen LogP contribution in [0.15, 0.2) is 53.6 Å². The summed E-state index contributed by atoms with van der Waals surface area (Å²) in [6, 6.07) is 15.5. The van der Waals surface area contributed by atoms with E-state index < -0.39 is 6.04 Å². The number of amides is 2. The highest BCUT2D eigenvalue weighted by Crippen LogP contribution is 2.43. The molecule has 0 saturated heterocycles. The van der Waals surface area contributed by atoms with E-state index in [2.05, 4.69) is 54.9 Å². The number of aromatic nitrogens is 1. The van der Waals surface area contributed by atoms with Crippen LogP contribution in [0.1, 0.15) is 50.8 Å². The molecular formula is C27H33N3O2S. The van der Waals surface area contributed by atoms with Gasteiger partial charge in [-0.1, -0.05) is 69.3 Å². The van der Waals surface area contributed by atoms with Crippen molar-refractivity contribution in [2.45, 2.75) is 51.1 Å². The lowest BCUT2D eigenvalue weighted by Crippen LogP contribution is -2.44. The van der Waals surface area contributed by atoms with Crippen LogP contribution in [0.3, 0.4) is 0 Å². The van der Waals surface area contributed by atoms with E-state index in [9.17, 15) is 9.59 Å². The van der Waals surface area contributed by atoms with E-state index in [0.29, 0.717) is 18.2 Å². The predicted octanol–water partition coefficient (Wildman–Crippen LogP) is 5.47. The van der Waals surface area contributed by atoms with Crippen LogP contribution in [0.4, 0.5) is 5.69 Å². The number of fused-ring (bicyclic) bond motifs is 3. The monoisotopic (exact) mass is 463 g/mol. The lowest BCUT2D eigenvalue weighted by Gasteiger charge is -2.30. The van der Waals surface area contributed by atoms with Crippen molar-refractivity contribution < 1.29 is 9.59 Å². The molecule has 0 radical (unpaired) electrons. The molecule has 3 aromatic rings. The van der Waals surface area contributed by atoms with Gasteiger partial charge >= 0.3 is 0 Å². The Morgan fingerprint density at radius 2 is 1.88 bits per heavy atom. The maximum Gasteiger partial charge on any atom is 0.247 e. The van der Waals surface area contributed by atoms with Crippen LogP contribution in [-0.2, 0) is 23.1 Å². The van der Waals surface area contributed by atoms with Crippen molar-refractivity contribution in [1.82, 2.24) is 9.88 Å². The van der Waals surface area contributed by atoms with Crippen molar-refractivity contribution in [2.24, 2.45) is 13.0 Å². The molecule has 1 aromatic heterocycles. The van der Waals surface area contributed by atoms with Gasteiger partial charge in [0.1, 0.15) is 6.04 Å². The normalized spacial score (nSPS) is 16.2. The van der Waals surface area contributed by atoms with Gasteiger partial charge in [0.05, 0.1) is 10.8 Å². The summed E-state index contributed by atoms with van der Waals surface area (Å²) in [4.78, 5) is 28.9. The maximum atomic E-state index is 13.7. The van der Waals surface area contributed by atoms with Gasteiger partial charge in [-0.15, -0.1) is 0 Å². The summed E-state index contributed by atoms with van der Waals surface area (Å²) in [5.74, 6) is 0.616. The minimum atomic E-state index is -0.710. The molecule has 1 atom stereocenters. The fraction of sp³-hybridized carbons (Fsp3) is 0.407. The van der Waals surface area contributed by atoms with Crippen LogP contribution in [0, 0.1) is 5.92 Å². The standard InChI is InChI=1S/C27H33N3O2S/c1-5-8-19-11-13-20(14-12-19)30-23(31)17-33-27-24(21-9-6-7-10-22(21)29(27)4)25(30)26(32)28-16-15-18(2)3/h6-7,9-14,18,25H,5,8,15-17H2,1-4H3,(H,28,32). The number of benzene rings is 2. The molecule has 0 fully saturated rings. The Labute approximate surface area is 200 Å². The zero-order valence-corrected chi connectivity index (χ0v) is 20.7. The predicted molar refractivity (Wildman–Crippen MR) is 137 cm³/mol. The van der Waals surface area contributed by atoms with Gasteiger partial charge in [-0.05, 0) is 42.5 Å². The van der Waals surface area contributed by atoms with E-state index in [4.69, 9.17) is 0 Å². The van der Waals surface area contributed by atoms with Crippen LogP contribution in [0.5, 0.6) is 0 Å². The van der Waals surface area contributed by atoms with Gasteiger partial charge in [-0.3, -0.25) is 14.5 Å². The second-order valence-corrected chi connectivity index (χ2v) is 10.1. The van der Waals surface area contributed by atoms with E-state index >= 15 is 0 Å². The molecule has 33 heavy (non-hydrogen) atoms. The van der Waals surface area contributed by atoms with Crippen molar-refractivity contribution in [2.75, 3.05) is 17.2 Å². The lowest BCUT2D eigenvalue weighted by molar-refractivity contribution is -0.125. The van der Waals surface area contributed by atoms with Crippen LogP contribution >= 0.6 is 11.8 Å². The number of carbonyl (C=O) groups is 2. The van der Waals surface area contributed by atoms with Gasteiger partial charge in [-0.25, -0.2) is 0 Å². The molecule has 2 heterocycles. The van der Waals surface area contributed by atoms with E-state index in [1.54, 1.807) is 4.90 Å². The van der Waals surface area contributed by atoms with Crippen LogP contribution < -0.4 is 10.2 Å². The van der Waals surface area contributed by atoms with E-state index in [1.165, 1.54) is 17.3 Å². The molecule has 0 spiro atoms. The van der Waals surface area contributed by atoms with Crippen molar-refractivity contribution in [1.29, 1.82) is 0 Å². The summed E-state index contributed by atoms with van der Waals surface area (Å²) < 4.78 is 2.12. The average Bonchev–Trinajstić information content (AvgIpc) is 2.97. The number of hydrogen-bond donors (Lipinski definition) is 1. The number of thioether (sulfide) groups is 1. The number of nitrogens with zero attached hydrogens (tertiary/aromatic N) is 2. The molecule has 1 aliphatic heterocycles. The summed E-state index contributed by atoms with van der Waals surface area (Å²) in [7, 11) is 2.02. The Kier molecular flexibility index (Phi) is 7.13. The third kappa shape index (κ3) is 4.67. The third-order valence-electron chi connectivity index (χ3n) is 6.25. The molecular weight excluding hydrogens is 430 g/mol. The fourth-order valence-electron chi connectivity index (χ4n) is 4.54. The first-order valence-corrected chi connectivity index (χ1v) is 12.8. The number of anilines is 1. The molecule has 174 valence electrons. The van der Waals surface area contributed by atoms with Gasteiger partial charge in [-0.2, -0.15) is 0 Å². The van der Waals surface area contributed by atoms with Crippen molar-refractivity contribution in [3.8, 4) is 0 Å². The molecule has 0 aliphatic carbocycles. The summed E-state index contributed by atoms with van der Waals surface area (Å²) in [6.07, 6.45) is 2.96. The van der Waals surface area contributed by atoms with Gasteiger partial charge in [0.15, 0.2) is 0 Å². The number of aryl methyl sites for hydroxylation is 2. The van der Waals surface area contributed by atoms with E-state index in [-0.39, 0.29) is 11.8 Å². The smallest absolute Gasteiger partial charge is 0.247 e. The molecule has 2 aromatic carbocycles. The molecule has 6 heteroatoms. The van der Waals surface area contributed by atoms with Crippen LogP contribution in [-0.4, -0.2) is 28.7 Å². The molecule has 1 N–H and O–H groups in total. The number of rotatable bonds is 7. The Morgan fingerprint density at radius 1 is 1.15 bits per heavy atom. The van der Waals surface area contributed by atoms with Gasteiger partial charge in [0.2, 0.25) is 11.8 Å². The summed E-state index contributed by atoms with van der Waals surface area (Å²) >= 11 is 1.52. The molecule has 0 saturated carbocycles. The van der Waals surface area contributed by atoms with E-state index in [1.807, 2.05) is 31.3 Å². The van der Waals surface area contributed by atoms with Crippen molar-refractivity contribution >= 4 is 40.2 Å². The number of para-hydroxylation sites is 1.